The molecule has 3 heterocycles. The normalized spacial score (nSPS) is 30.9. The average Bonchev–Trinajstić information content (AvgIpc) is 2.62. The molecule has 0 aromatic carbocycles. The average molecular weight is 257 g/mol. The fraction of sp³-hybridized carbons (Fsp3) is 0.583. The fourth-order valence-corrected chi connectivity index (χ4v) is 2.87. The maximum Gasteiger partial charge on any atom is 0.273 e. The van der Waals surface area contributed by atoms with Gasteiger partial charge in [0.25, 0.3) is 5.56 Å². The molecular formula is C12H17ClN2O2. The summed E-state index contributed by atoms with van der Waals surface area (Å²) in [6.45, 7) is 0. The molecule has 4 nitrogen and oxygen atoms in total. The van der Waals surface area contributed by atoms with Gasteiger partial charge < -0.3 is 15.0 Å². The van der Waals surface area contributed by atoms with Crippen molar-refractivity contribution in [2.45, 2.75) is 43.9 Å². The smallest absolute Gasteiger partial charge is 0.273 e. The van der Waals surface area contributed by atoms with Crippen molar-refractivity contribution in [3.8, 4) is 0 Å². The van der Waals surface area contributed by atoms with Crippen LogP contribution in [-0.4, -0.2) is 16.8 Å². The lowest BCUT2D eigenvalue weighted by molar-refractivity contribution is -0.0164. The van der Waals surface area contributed by atoms with Gasteiger partial charge in [0.2, 0.25) is 0 Å². The highest BCUT2D eigenvalue weighted by atomic mass is 35.5. The van der Waals surface area contributed by atoms with Gasteiger partial charge in [0.15, 0.2) is 0 Å². The first-order chi connectivity index (χ1) is 7.74. The van der Waals surface area contributed by atoms with Crippen molar-refractivity contribution in [1.29, 1.82) is 0 Å². The van der Waals surface area contributed by atoms with E-state index in [-0.39, 0.29) is 24.0 Å². The Labute approximate surface area is 106 Å². The summed E-state index contributed by atoms with van der Waals surface area (Å²) in [4.78, 5) is 11.9. The largest absolute Gasteiger partial charge is 0.394 e. The molecule has 0 amide bonds. The summed E-state index contributed by atoms with van der Waals surface area (Å²) >= 11 is 0. The summed E-state index contributed by atoms with van der Waals surface area (Å²) in [7, 11) is 0. The summed E-state index contributed by atoms with van der Waals surface area (Å²) in [5.74, 6) is 0. The second-order valence-electron chi connectivity index (χ2n) is 4.76. The summed E-state index contributed by atoms with van der Waals surface area (Å²) < 4.78 is 7.55. The van der Waals surface area contributed by atoms with Gasteiger partial charge >= 0.3 is 0 Å². The lowest BCUT2D eigenvalue weighted by atomic mass is 10.0. The van der Waals surface area contributed by atoms with Crippen LogP contribution in [0.5, 0.6) is 0 Å². The second kappa shape index (κ2) is 4.70. The van der Waals surface area contributed by atoms with Gasteiger partial charge in [-0.3, -0.25) is 4.79 Å². The van der Waals surface area contributed by atoms with Gasteiger partial charge in [-0.05, 0) is 37.8 Å². The Kier molecular flexibility index (Phi) is 3.45. The third-order valence-electron chi connectivity index (χ3n) is 3.66. The third kappa shape index (κ3) is 2.19. The first kappa shape index (κ1) is 12.5. The highest BCUT2D eigenvalue weighted by Crippen LogP contribution is 2.37. The van der Waals surface area contributed by atoms with Crippen molar-refractivity contribution in [2.24, 2.45) is 0 Å². The molecule has 0 spiro atoms. The van der Waals surface area contributed by atoms with E-state index in [4.69, 9.17) is 10.5 Å². The summed E-state index contributed by atoms with van der Waals surface area (Å²) in [6.07, 6.45) is 6.69. The van der Waals surface area contributed by atoms with Crippen molar-refractivity contribution in [1.82, 2.24) is 4.57 Å². The van der Waals surface area contributed by atoms with E-state index in [9.17, 15) is 4.79 Å². The molecule has 94 valence electrons. The van der Waals surface area contributed by atoms with Gasteiger partial charge in [-0.1, -0.05) is 0 Å². The molecule has 2 bridgehead atoms. The maximum atomic E-state index is 11.9. The Morgan fingerprint density at radius 2 is 1.94 bits per heavy atom. The molecule has 2 fully saturated rings. The van der Waals surface area contributed by atoms with Crippen LogP contribution >= 0.6 is 12.4 Å². The second-order valence-corrected chi connectivity index (χ2v) is 4.76. The minimum absolute atomic E-state index is 0. The SMILES string of the molecule is Cl.Nc1cccn(C2CC3CCC(C2)O3)c1=O. The van der Waals surface area contributed by atoms with Crippen molar-refractivity contribution < 1.29 is 4.74 Å². The molecule has 0 saturated carbocycles. The molecule has 3 rings (SSSR count). The van der Waals surface area contributed by atoms with Crippen LogP contribution in [-0.2, 0) is 4.74 Å². The minimum Gasteiger partial charge on any atom is -0.394 e. The number of hydrogen-bond donors (Lipinski definition) is 1. The highest BCUT2D eigenvalue weighted by Gasteiger charge is 2.35. The number of rotatable bonds is 1. The molecule has 1 aromatic heterocycles. The molecule has 2 atom stereocenters. The molecular weight excluding hydrogens is 240 g/mol. The summed E-state index contributed by atoms with van der Waals surface area (Å²) in [6, 6.07) is 3.77. The zero-order valence-electron chi connectivity index (χ0n) is 9.54. The highest BCUT2D eigenvalue weighted by molar-refractivity contribution is 5.85. The summed E-state index contributed by atoms with van der Waals surface area (Å²) in [5, 5.41) is 0. The lowest BCUT2D eigenvalue weighted by Crippen LogP contribution is -2.33. The first-order valence-corrected chi connectivity index (χ1v) is 5.86. The number of hydrogen-bond acceptors (Lipinski definition) is 3. The van der Waals surface area contributed by atoms with E-state index in [0.29, 0.717) is 17.9 Å². The zero-order valence-corrected chi connectivity index (χ0v) is 10.4. The van der Waals surface area contributed by atoms with E-state index < -0.39 is 0 Å². The van der Waals surface area contributed by atoms with Crippen molar-refractivity contribution >= 4 is 18.1 Å². The van der Waals surface area contributed by atoms with E-state index >= 15 is 0 Å². The van der Waals surface area contributed by atoms with E-state index in [1.54, 1.807) is 10.6 Å². The van der Waals surface area contributed by atoms with Crippen LogP contribution in [0.4, 0.5) is 5.69 Å². The Morgan fingerprint density at radius 1 is 1.29 bits per heavy atom. The van der Waals surface area contributed by atoms with Crippen LogP contribution in [0, 0.1) is 0 Å². The van der Waals surface area contributed by atoms with Crippen LogP contribution in [0.2, 0.25) is 0 Å². The number of nitrogens with zero attached hydrogens (tertiary/aromatic N) is 1. The maximum absolute atomic E-state index is 11.9. The Bertz CT molecular complexity index is 448. The Balaban J connectivity index is 0.00000108. The molecule has 0 aliphatic carbocycles. The standard InChI is InChI=1S/C12H16N2O2.ClH/c13-11-2-1-5-14(12(11)15)8-6-9-3-4-10(7-8)16-9;/h1-2,5,8-10H,3-4,6-7,13H2;1H. The van der Waals surface area contributed by atoms with Crippen LogP contribution in [0.25, 0.3) is 0 Å². The Morgan fingerprint density at radius 3 is 2.59 bits per heavy atom. The van der Waals surface area contributed by atoms with Crippen LogP contribution in [0.15, 0.2) is 23.1 Å². The first-order valence-electron chi connectivity index (χ1n) is 5.86. The van der Waals surface area contributed by atoms with Gasteiger partial charge in [0, 0.05) is 12.2 Å². The summed E-state index contributed by atoms with van der Waals surface area (Å²) in [5.41, 5.74) is 5.92. The topological polar surface area (TPSA) is 57.2 Å². The van der Waals surface area contributed by atoms with Gasteiger partial charge in [0.05, 0.1) is 17.9 Å². The number of aromatic nitrogens is 1. The molecule has 2 N–H and O–H groups in total. The fourth-order valence-electron chi connectivity index (χ4n) is 2.87. The Hall–Kier alpha value is -1.00. The molecule has 1 aromatic rings. The zero-order chi connectivity index (χ0) is 11.1. The molecule has 2 aliphatic heterocycles. The minimum atomic E-state index is -0.0613. The van der Waals surface area contributed by atoms with Crippen LogP contribution in [0.3, 0.4) is 0 Å². The predicted octanol–water partition coefficient (Wildman–Crippen LogP) is 1.73. The van der Waals surface area contributed by atoms with Gasteiger partial charge in [-0.2, -0.15) is 0 Å². The number of pyridine rings is 1. The molecule has 2 aliphatic rings. The van der Waals surface area contributed by atoms with E-state index in [1.165, 1.54) is 0 Å². The number of halogens is 1. The molecule has 0 radical (unpaired) electrons. The number of nitrogen functional groups attached to an aromatic ring is 1. The molecule has 17 heavy (non-hydrogen) atoms. The van der Waals surface area contributed by atoms with E-state index in [0.717, 1.165) is 25.7 Å². The molecule has 2 saturated heterocycles. The van der Waals surface area contributed by atoms with Gasteiger partial charge in [-0.15, -0.1) is 12.4 Å². The lowest BCUT2D eigenvalue weighted by Gasteiger charge is -2.29. The number of ether oxygens (including phenoxy) is 1. The van der Waals surface area contributed by atoms with Crippen LogP contribution in [0.1, 0.15) is 31.7 Å². The van der Waals surface area contributed by atoms with Crippen molar-refractivity contribution in [3.63, 3.8) is 0 Å². The molecule has 2 unspecified atom stereocenters. The van der Waals surface area contributed by atoms with E-state index in [2.05, 4.69) is 0 Å². The van der Waals surface area contributed by atoms with Gasteiger partial charge in [0.1, 0.15) is 0 Å². The quantitative estimate of drug-likeness (QED) is 0.833. The third-order valence-corrected chi connectivity index (χ3v) is 3.66. The number of anilines is 1. The van der Waals surface area contributed by atoms with Crippen molar-refractivity contribution in [3.05, 3.63) is 28.7 Å². The number of nitrogens with two attached hydrogens (primary N) is 1. The predicted molar refractivity (Wildman–Crippen MR) is 68.5 cm³/mol. The van der Waals surface area contributed by atoms with Gasteiger partial charge in [-0.25, -0.2) is 0 Å². The van der Waals surface area contributed by atoms with Crippen LogP contribution < -0.4 is 11.3 Å². The number of fused-ring (bicyclic) bond motifs is 2. The van der Waals surface area contributed by atoms with E-state index in [1.807, 2.05) is 12.3 Å². The monoisotopic (exact) mass is 256 g/mol. The van der Waals surface area contributed by atoms with Crippen molar-refractivity contribution in [2.75, 3.05) is 5.73 Å². The molecule has 5 heteroatoms.